The van der Waals surface area contributed by atoms with E-state index in [9.17, 15) is 4.79 Å². The lowest BCUT2D eigenvalue weighted by Crippen LogP contribution is -2.14. The molecule has 2 aromatic carbocycles. The molecule has 1 aromatic heterocycles. The lowest BCUT2D eigenvalue weighted by molar-refractivity contribution is 0.102. The number of para-hydroxylation sites is 1. The first kappa shape index (κ1) is 17.7. The molecule has 0 aliphatic carbocycles. The predicted octanol–water partition coefficient (Wildman–Crippen LogP) is 4.82. The van der Waals surface area contributed by atoms with Crippen molar-refractivity contribution in [1.82, 2.24) is 4.98 Å². The maximum atomic E-state index is 12.6. The minimum atomic E-state index is -0.155. The molecule has 0 atom stereocenters. The van der Waals surface area contributed by atoms with Gasteiger partial charge in [-0.2, -0.15) is 0 Å². The van der Waals surface area contributed by atoms with Gasteiger partial charge in [0, 0.05) is 24.6 Å². The summed E-state index contributed by atoms with van der Waals surface area (Å²) in [7, 11) is 0. The quantitative estimate of drug-likeness (QED) is 0.673. The van der Waals surface area contributed by atoms with E-state index < -0.39 is 0 Å². The van der Waals surface area contributed by atoms with Crippen molar-refractivity contribution in [3.05, 3.63) is 89.2 Å². The summed E-state index contributed by atoms with van der Waals surface area (Å²) in [5.74, 6) is -0.155. The number of nitrogens with one attached hydrogen (secondary N) is 2. The molecule has 2 N–H and O–H groups in total. The Bertz CT molecular complexity index is 905. The van der Waals surface area contributed by atoms with Crippen molar-refractivity contribution in [2.24, 2.45) is 0 Å². The maximum absolute atomic E-state index is 12.6. The van der Waals surface area contributed by atoms with E-state index in [4.69, 9.17) is 0 Å². The zero-order chi connectivity index (χ0) is 18.4. The van der Waals surface area contributed by atoms with Crippen LogP contribution in [0, 0.1) is 6.92 Å². The molecule has 0 unspecified atom stereocenters. The number of nitrogens with zero attached hydrogens (tertiary/aromatic N) is 1. The number of pyridine rings is 1. The lowest BCUT2D eigenvalue weighted by Gasteiger charge is -2.11. The van der Waals surface area contributed by atoms with Gasteiger partial charge in [-0.15, -0.1) is 0 Å². The first-order valence-electron chi connectivity index (χ1n) is 8.79. The fourth-order valence-electron chi connectivity index (χ4n) is 2.83. The lowest BCUT2D eigenvalue weighted by atomic mass is 10.1. The summed E-state index contributed by atoms with van der Waals surface area (Å²) in [5.41, 5.74) is 5.73. The molecule has 0 bridgehead atoms. The third-order valence-electron chi connectivity index (χ3n) is 4.23. The van der Waals surface area contributed by atoms with Crippen molar-refractivity contribution in [2.75, 3.05) is 10.6 Å². The van der Waals surface area contributed by atoms with Crippen LogP contribution >= 0.6 is 0 Å². The summed E-state index contributed by atoms with van der Waals surface area (Å²) in [6.07, 6.45) is 4.18. The minimum Gasteiger partial charge on any atom is -0.380 e. The van der Waals surface area contributed by atoms with E-state index in [0.29, 0.717) is 12.1 Å². The summed E-state index contributed by atoms with van der Waals surface area (Å²) in [6.45, 7) is 4.83. The van der Waals surface area contributed by atoms with Gasteiger partial charge in [0.2, 0.25) is 0 Å². The largest absolute Gasteiger partial charge is 0.380 e. The van der Waals surface area contributed by atoms with Crippen molar-refractivity contribution in [2.45, 2.75) is 26.8 Å². The molecular weight excluding hydrogens is 322 g/mol. The van der Waals surface area contributed by atoms with Crippen LogP contribution in [0.2, 0.25) is 0 Å². The van der Waals surface area contributed by atoms with Crippen LogP contribution < -0.4 is 10.6 Å². The molecule has 1 heterocycles. The van der Waals surface area contributed by atoms with E-state index in [1.54, 1.807) is 12.4 Å². The Morgan fingerprint density at radius 2 is 1.88 bits per heavy atom. The number of anilines is 2. The van der Waals surface area contributed by atoms with Crippen molar-refractivity contribution in [1.29, 1.82) is 0 Å². The van der Waals surface area contributed by atoms with Gasteiger partial charge in [-0.1, -0.05) is 55.0 Å². The molecule has 1 amide bonds. The topological polar surface area (TPSA) is 54.0 Å². The van der Waals surface area contributed by atoms with E-state index in [-0.39, 0.29) is 5.91 Å². The van der Waals surface area contributed by atoms with E-state index >= 15 is 0 Å². The van der Waals surface area contributed by atoms with E-state index in [0.717, 1.165) is 23.4 Å². The first-order chi connectivity index (χ1) is 12.7. The van der Waals surface area contributed by atoms with Crippen LogP contribution in [0.15, 0.2) is 67.0 Å². The minimum absolute atomic E-state index is 0.155. The molecule has 0 spiro atoms. The Morgan fingerprint density at radius 1 is 1.04 bits per heavy atom. The molecule has 4 nitrogen and oxygen atoms in total. The van der Waals surface area contributed by atoms with Gasteiger partial charge >= 0.3 is 0 Å². The zero-order valence-corrected chi connectivity index (χ0v) is 15.1. The van der Waals surface area contributed by atoms with Crippen LogP contribution in [-0.2, 0) is 13.0 Å². The number of hydrogen-bond acceptors (Lipinski definition) is 3. The molecule has 26 heavy (non-hydrogen) atoms. The highest BCUT2D eigenvalue weighted by Crippen LogP contribution is 2.18. The summed E-state index contributed by atoms with van der Waals surface area (Å²) >= 11 is 0. The molecule has 3 aromatic rings. The highest BCUT2D eigenvalue weighted by Gasteiger charge is 2.09. The van der Waals surface area contributed by atoms with Gasteiger partial charge in [-0.25, -0.2) is 0 Å². The summed E-state index contributed by atoms with van der Waals surface area (Å²) < 4.78 is 0. The second kappa shape index (κ2) is 8.30. The standard InChI is InChI=1S/C22H23N3O/c1-3-18-9-4-5-10-21(18)25-22(26)19-12-20(15-23-14-19)24-13-17-8-6-7-16(2)11-17/h4-12,14-15,24H,3,13H2,1-2H3,(H,25,26). The number of aromatic nitrogens is 1. The van der Waals surface area contributed by atoms with Gasteiger partial charge < -0.3 is 10.6 Å². The molecule has 0 radical (unpaired) electrons. The number of carbonyl (C=O) groups excluding carboxylic acids is 1. The van der Waals surface area contributed by atoms with E-state index in [1.165, 1.54) is 11.1 Å². The third-order valence-corrected chi connectivity index (χ3v) is 4.23. The molecule has 0 aliphatic rings. The van der Waals surface area contributed by atoms with E-state index in [1.807, 2.05) is 36.4 Å². The predicted molar refractivity (Wildman–Crippen MR) is 107 cm³/mol. The van der Waals surface area contributed by atoms with Crippen LogP contribution in [0.5, 0.6) is 0 Å². The van der Waals surface area contributed by atoms with Crippen LogP contribution in [-0.4, -0.2) is 10.9 Å². The fraction of sp³-hybridized carbons (Fsp3) is 0.182. The smallest absolute Gasteiger partial charge is 0.257 e. The van der Waals surface area contributed by atoms with E-state index in [2.05, 4.69) is 47.7 Å². The van der Waals surface area contributed by atoms with Gasteiger partial charge in [0.15, 0.2) is 0 Å². The van der Waals surface area contributed by atoms with Gasteiger partial charge in [0.1, 0.15) is 0 Å². The van der Waals surface area contributed by atoms with Crippen molar-refractivity contribution in [3.63, 3.8) is 0 Å². The summed E-state index contributed by atoms with van der Waals surface area (Å²) in [6, 6.07) is 18.0. The number of amides is 1. The molecular formula is C22H23N3O. The summed E-state index contributed by atoms with van der Waals surface area (Å²) in [4.78, 5) is 16.8. The molecule has 0 aliphatic heterocycles. The number of aryl methyl sites for hydroxylation is 2. The zero-order valence-electron chi connectivity index (χ0n) is 15.1. The monoisotopic (exact) mass is 345 g/mol. The van der Waals surface area contributed by atoms with Crippen molar-refractivity contribution in [3.8, 4) is 0 Å². The number of hydrogen-bond donors (Lipinski definition) is 2. The van der Waals surface area contributed by atoms with Gasteiger partial charge in [0.25, 0.3) is 5.91 Å². The molecule has 132 valence electrons. The number of rotatable bonds is 6. The van der Waals surface area contributed by atoms with Gasteiger partial charge in [0.05, 0.1) is 11.3 Å². The normalized spacial score (nSPS) is 10.4. The van der Waals surface area contributed by atoms with Gasteiger partial charge in [-0.05, 0) is 36.6 Å². The molecule has 0 saturated carbocycles. The second-order valence-corrected chi connectivity index (χ2v) is 6.27. The van der Waals surface area contributed by atoms with Crippen LogP contribution in [0.3, 0.4) is 0 Å². The Morgan fingerprint density at radius 3 is 2.69 bits per heavy atom. The van der Waals surface area contributed by atoms with Crippen molar-refractivity contribution < 1.29 is 4.79 Å². The van der Waals surface area contributed by atoms with Crippen molar-refractivity contribution >= 4 is 17.3 Å². The fourth-order valence-corrected chi connectivity index (χ4v) is 2.83. The Kier molecular flexibility index (Phi) is 5.64. The number of benzene rings is 2. The average Bonchev–Trinajstić information content (AvgIpc) is 2.67. The van der Waals surface area contributed by atoms with Gasteiger partial charge in [-0.3, -0.25) is 9.78 Å². The Balaban J connectivity index is 1.69. The molecule has 0 saturated heterocycles. The first-order valence-corrected chi connectivity index (χ1v) is 8.79. The highest BCUT2D eigenvalue weighted by atomic mass is 16.1. The Labute approximate surface area is 154 Å². The molecule has 0 fully saturated rings. The maximum Gasteiger partial charge on any atom is 0.257 e. The Hall–Kier alpha value is -3.14. The van der Waals surface area contributed by atoms with Crippen LogP contribution in [0.1, 0.15) is 34.0 Å². The average molecular weight is 345 g/mol. The SMILES string of the molecule is CCc1ccccc1NC(=O)c1cncc(NCc2cccc(C)c2)c1. The van der Waals surface area contributed by atoms with Crippen LogP contribution in [0.4, 0.5) is 11.4 Å². The molecule has 3 rings (SSSR count). The highest BCUT2D eigenvalue weighted by molar-refractivity contribution is 6.04. The third kappa shape index (κ3) is 4.48. The van der Waals surface area contributed by atoms with Crippen LogP contribution in [0.25, 0.3) is 0 Å². The molecule has 4 heteroatoms. The second-order valence-electron chi connectivity index (χ2n) is 6.27. The summed E-state index contributed by atoms with van der Waals surface area (Å²) in [5, 5.41) is 6.31. The number of carbonyl (C=O) groups is 1.